The lowest BCUT2D eigenvalue weighted by molar-refractivity contribution is -0.145. The highest BCUT2D eigenvalue weighted by molar-refractivity contribution is 7.11. The third-order valence-electron chi connectivity index (χ3n) is 3.50. The maximum absolute atomic E-state index is 11.9. The minimum absolute atomic E-state index is 0.0726. The molecule has 0 aliphatic heterocycles. The molecule has 5 heteroatoms. The van der Waals surface area contributed by atoms with Crippen molar-refractivity contribution < 1.29 is 14.3 Å². The van der Waals surface area contributed by atoms with Crippen molar-refractivity contribution in [3.8, 4) is 0 Å². The maximum Gasteiger partial charge on any atom is 0.315 e. The second kappa shape index (κ2) is 7.18. The van der Waals surface area contributed by atoms with E-state index >= 15 is 0 Å². The normalized spacial score (nSPS) is 18.9. The van der Waals surface area contributed by atoms with E-state index in [0.29, 0.717) is 13.2 Å². The number of carbonyl (C=O) groups excluding carboxylic acids is 1. The topological polar surface area (TPSA) is 48.4 Å². The van der Waals surface area contributed by atoms with Crippen LogP contribution in [0.15, 0.2) is 0 Å². The minimum Gasteiger partial charge on any atom is -0.465 e. The van der Waals surface area contributed by atoms with E-state index in [0.717, 1.165) is 36.4 Å². The van der Waals surface area contributed by atoms with Gasteiger partial charge < -0.3 is 9.47 Å². The molecule has 0 amide bonds. The highest BCUT2D eigenvalue weighted by Crippen LogP contribution is 2.40. The summed E-state index contributed by atoms with van der Waals surface area (Å²) >= 11 is 1.71. The molecule has 1 aliphatic carbocycles. The molecule has 112 valence electrons. The van der Waals surface area contributed by atoms with Gasteiger partial charge in [0.15, 0.2) is 0 Å². The van der Waals surface area contributed by atoms with E-state index in [1.807, 2.05) is 13.8 Å². The summed E-state index contributed by atoms with van der Waals surface area (Å²) in [7, 11) is 0. The van der Waals surface area contributed by atoms with Crippen molar-refractivity contribution in [3.63, 3.8) is 0 Å². The Hall–Kier alpha value is -0.940. The number of aromatic nitrogens is 1. The molecule has 4 nitrogen and oxygen atoms in total. The lowest BCUT2D eigenvalue weighted by Gasteiger charge is -2.13. The smallest absolute Gasteiger partial charge is 0.315 e. The van der Waals surface area contributed by atoms with E-state index in [1.165, 1.54) is 4.88 Å². The van der Waals surface area contributed by atoms with Crippen LogP contribution in [0.25, 0.3) is 0 Å². The van der Waals surface area contributed by atoms with Crippen molar-refractivity contribution in [1.82, 2.24) is 4.98 Å². The Kier molecular flexibility index (Phi) is 5.54. The largest absolute Gasteiger partial charge is 0.465 e. The summed E-state index contributed by atoms with van der Waals surface area (Å²) in [5.41, 5.74) is 0.934. The molecule has 0 saturated carbocycles. The molecule has 0 N–H and O–H groups in total. The van der Waals surface area contributed by atoms with Crippen LogP contribution >= 0.6 is 11.3 Å². The third kappa shape index (κ3) is 3.20. The summed E-state index contributed by atoms with van der Waals surface area (Å²) in [6, 6.07) is 0. The van der Waals surface area contributed by atoms with Crippen LogP contribution in [-0.4, -0.2) is 24.2 Å². The van der Waals surface area contributed by atoms with Gasteiger partial charge >= 0.3 is 5.97 Å². The monoisotopic (exact) mass is 297 g/mol. The predicted molar refractivity (Wildman–Crippen MR) is 79.1 cm³/mol. The number of esters is 1. The van der Waals surface area contributed by atoms with Gasteiger partial charge in [0, 0.05) is 11.5 Å². The molecule has 0 fully saturated rings. The number of carbonyl (C=O) groups is 1. The molecule has 2 rings (SSSR count). The van der Waals surface area contributed by atoms with Crippen LogP contribution in [-0.2, 0) is 20.7 Å². The molecule has 0 spiro atoms. The number of hydrogen-bond donors (Lipinski definition) is 0. The molecule has 1 aromatic heterocycles. The Labute approximate surface area is 124 Å². The van der Waals surface area contributed by atoms with Crippen molar-refractivity contribution in [2.24, 2.45) is 0 Å². The van der Waals surface area contributed by atoms with Gasteiger partial charge in [0.2, 0.25) is 0 Å². The number of ether oxygens (including phenoxy) is 2. The first-order chi connectivity index (χ1) is 9.71. The van der Waals surface area contributed by atoms with Crippen molar-refractivity contribution in [3.05, 3.63) is 15.6 Å². The van der Waals surface area contributed by atoms with Gasteiger partial charge in [0.1, 0.15) is 17.0 Å². The van der Waals surface area contributed by atoms with Crippen molar-refractivity contribution in [2.45, 2.75) is 58.5 Å². The Morgan fingerprint density at radius 3 is 2.85 bits per heavy atom. The average Bonchev–Trinajstić information content (AvgIpc) is 2.98. The van der Waals surface area contributed by atoms with Gasteiger partial charge in [-0.25, -0.2) is 4.98 Å². The van der Waals surface area contributed by atoms with Gasteiger partial charge in [0.05, 0.1) is 12.3 Å². The van der Waals surface area contributed by atoms with Crippen molar-refractivity contribution in [1.29, 1.82) is 0 Å². The number of fused-ring (bicyclic) bond motifs is 1. The van der Waals surface area contributed by atoms with Crippen LogP contribution in [0.1, 0.15) is 67.6 Å². The van der Waals surface area contributed by atoms with Gasteiger partial charge in [-0.1, -0.05) is 13.3 Å². The van der Waals surface area contributed by atoms with E-state index in [1.54, 1.807) is 11.3 Å². The molecule has 0 saturated heterocycles. The number of aryl methyl sites for hydroxylation is 1. The minimum atomic E-state index is -0.168. The lowest BCUT2D eigenvalue weighted by atomic mass is 10.1. The van der Waals surface area contributed by atoms with Gasteiger partial charge in [-0.3, -0.25) is 4.79 Å². The van der Waals surface area contributed by atoms with E-state index < -0.39 is 0 Å². The van der Waals surface area contributed by atoms with Crippen molar-refractivity contribution >= 4 is 17.3 Å². The summed E-state index contributed by atoms with van der Waals surface area (Å²) < 4.78 is 10.9. The first-order valence-corrected chi connectivity index (χ1v) is 8.30. The second-order valence-electron chi connectivity index (χ2n) is 4.94. The Bertz CT molecular complexity index is 452. The Morgan fingerprint density at radius 1 is 1.40 bits per heavy atom. The fraction of sp³-hybridized carbons (Fsp3) is 0.733. The fourth-order valence-corrected chi connectivity index (χ4v) is 3.82. The van der Waals surface area contributed by atoms with Crippen LogP contribution < -0.4 is 0 Å². The van der Waals surface area contributed by atoms with Gasteiger partial charge in [-0.2, -0.15) is 0 Å². The van der Waals surface area contributed by atoms with Gasteiger partial charge in [0.25, 0.3) is 0 Å². The summed E-state index contributed by atoms with van der Waals surface area (Å²) in [5, 5.41) is 1.02. The molecule has 20 heavy (non-hydrogen) atoms. The summed E-state index contributed by atoms with van der Waals surface area (Å²) in [4.78, 5) is 17.9. The molecule has 1 heterocycles. The van der Waals surface area contributed by atoms with Crippen LogP contribution in [0.2, 0.25) is 0 Å². The quantitative estimate of drug-likeness (QED) is 0.721. The zero-order valence-corrected chi connectivity index (χ0v) is 13.3. The Morgan fingerprint density at radius 2 is 2.20 bits per heavy atom. The third-order valence-corrected chi connectivity index (χ3v) is 4.72. The summed E-state index contributed by atoms with van der Waals surface area (Å²) in [6.07, 6.45) is 3.88. The molecule has 2 atom stereocenters. The molecule has 0 aromatic carbocycles. The lowest BCUT2D eigenvalue weighted by Crippen LogP contribution is -2.14. The van der Waals surface area contributed by atoms with Crippen LogP contribution in [0, 0.1) is 0 Å². The predicted octanol–water partition coefficient (Wildman–Crippen LogP) is 3.61. The number of thiazole rings is 1. The van der Waals surface area contributed by atoms with Crippen LogP contribution in [0.5, 0.6) is 0 Å². The molecule has 0 bridgehead atoms. The van der Waals surface area contributed by atoms with E-state index in [-0.39, 0.29) is 18.0 Å². The standard InChI is InChI=1S/C15H23NO3S/c1-4-7-11(18-5-2)14-16-13-10(15(17)19-6-3)8-9-12(13)20-14/h10-11H,4-9H2,1-3H3. The molecule has 1 aromatic rings. The zero-order valence-electron chi connectivity index (χ0n) is 12.5. The highest BCUT2D eigenvalue weighted by Gasteiger charge is 2.34. The molecular weight excluding hydrogens is 274 g/mol. The first-order valence-electron chi connectivity index (χ1n) is 7.48. The van der Waals surface area contributed by atoms with Crippen LogP contribution in [0.3, 0.4) is 0 Å². The van der Waals surface area contributed by atoms with E-state index in [9.17, 15) is 4.79 Å². The molecular formula is C15H23NO3S. The number of nitrogens with zero attached hydrogens (tertiary/aromatic N) is 1. The van der Waals surface area contributed by atoms with Gasteiger partial charge in [-0.15, -0.1) is 11.3 Å². The summed E-state index contributed by atoms with van der Waals surface area (Å²) in [5.74, 6) is -0.301. The number of rotatable bonds is 7. The van der Waals surface area contributed by atoms with Crippen molar-refractivity contribution in [2.75, 3.05) is 13.2 Å². The van der Waals surface area contributed by atoms with Crippen LogP contribution in [0.4, 0.5) is 0 Å². The van der Waals surface area contributed by atoms with E-state index in [2.05, 4.69) is 6.92 Å². The number of hydrogen-bond acceptors (Lipinski definition) is 5. The molecule has 0 radical (unpaired) electrons. The molecule has 2 unspecified atom stereocenters. The first kappa shape index (κ1) is 15.4. The highest BCUT2D eigenvalue weighted by atomic mass is 32.1. The average molecular weight is 297 g/mol. The maximum atomic E-state index is 11.9. The zero-order chi connectivity index (χ0) is 14.5. The fourth-order valence-electron chi connectivity index (χ4n) is 2.60. The van der Waals surface area contributed by atoms with E-state index in [4.69, 9.17) is 14.5 Å². The summed E-state index contributed by atoms with van der Waals surface area (Å²) in [6.45, 7) is 7.11. The SMILES string of the molecule is CCCC(OCC)c1nc2c(s1)CCC2C(=O)OCC. The molecule has 1 aliphatic rings. The Balaban J connectivity index is 2.16. The van der Waals surface area contributed by atoms with Gasteiger partial charge in [-0.05, 0) is 33.1 Å². The second-order valence-corrected chi connectivity index (χ2v) is 6.05.